The molecule has 0 saturated carbocycles. The van der Waals surface area contributed by atoms with Crippen LogP contribution in [0.5, 0.6) is 0 Å². The molecule has 3 aromatic rings. The predicted molar refractivity (Wildman–Crippen MR) is 112 cm³/mol. The molecular formula is C21H20N2O3S2. The van der Waals surface area contributed by atoms with Gasteiger partial charge in [-0.3, -0.25) is 4.79 Å². The van der Waals surface area contributed by atoms with Gasteiger partial charge in [-0.2, -0.15) is 0 Å². The van der Waals surface area contributed by atoms with E-state index in [1.54, 1.807) is 12.1 Å². The van der Waals surface area contributed by atoms with Crippen molar-refractivity contribution in [3.8, 4) is 0 Å². The molecule has 4 rings (SSSR count). The van der Waals surface area contributed by atoms with Crippen LogP contribution in [0.3, 0.4) is 0 Å². The highest BCUT2D eigenvalue weighted by molar-refractivity contribution is 8.00. The predicted octanol–water partition coefficient (Wildman–Crippen LogP) is 4.37. The second-order valence-electron chi connectivity index (χ2n) is 6.52. The summed E-state index contributed by atoms with van der Waals surface area (Å²) in [6.07, 6.45) is 2.15. The van der Waals surface area contributed by atoms with Crippen LogP contribution in [0.25, 0.3) is 10.2 Å². The lowest BCUT2D eigenvalue weighted by molar-refractivity contribution is -0.127. The number of nitrogens with zero attached hydrogens (tertiary/aromatic N) is 2. The molecule has 2 heterocycles. The van der Waals surface area contributed by atoms with Crippen molar-refractivity contribution in [3.63, 3.8) is 0 Å². The minimum atomic E-state index is -0.393. The first-order valence-corrected chi connectivity index (χ1v) is 11.0. The molecule has 0 bridgehead atoms. The van der Waals surface area contributed by atoms with Gasteiger partial charge >= 0.3 is 5.97 Å². The Bertz CT molecular complexity index is 963. The monoisotopic (exact) mass is 412 g/mol. The molecule has 0 atom stereocenters. The number of hydrogen-bond acceptors (Lipinski definition) is 6. The molecule has 1 saturated heterocycles. The fraction of sp³-hybridized carbons (Fsp3) is 0.286. The second kappa shape index (κ2) is 8.75. The van der Waals surface area contributed by atoms with Crippen molar-refractivity contribution in [2.45, 2.75) is 24.3 Å². The van der Waals surface area contributed by atoms with E-state index in [2.05, 4.69) is 4.98 Å². The molecule has 1 fully saturated rings. The Labute approximate surface area is 171 Å². The van der Waals surface area contributed by atoms with E-state index in [0.717, 1.165) is 46.1 Å². The Hall–Kier alpha value is -2.38. The summed E-state index contributed by atoms with van der Waals surface area (Å²) in [5, 5.41) is 0.767. The number of carbonyl (C=O) groups excluding carboxylic acids is 2. The minimum Gasteiger partial charge on any atom is -0.455 e. The second-order valence-corrected chi connectivity index (χ2v) is 8.66. The summed E-state index contributed by atoms with van der Waals surface area (Å²) >= 11 is 2.91. The van der Waals surface area contributed by atoms with E-state index in [9.17, 15) is 9.59 Å². The van der Waals surface area contributed by atoms with Gasteiger partial charge in [-0.25, -0.2) is 9.78 Å². The van der Waals surface area contributed by atoms with Gasteiger partial charge in [0.15, 0.2) is 0 Å². The van der Waals surface area contributed by atoms with Gasteiger partial charge in [0.1, 0.15) is 11.6 Å². The Morgan fingerprint density at radius 1 is 1.07 bits per heavy atom. The Kier molecular flexibility index (Phi) is 5.92. The van der Waals surface area contributed by atoms with Crippen LogP contribution in [-0.2, 0) is 16.1 Å². The van der Waals surface area contributed by atoms with Crippen LogP contribution in [0.15, 0.2) is 53.4 Å². The maximum atomic E-state index is 12.6. The third kappa shape index (κ3) is 4.36. The summed E-state index contributed by atoms with van der Waals surface area (Å²) in [6.45, 7) is 1.82. The van der Waals surface area contributed by atoms with Gasteiger partial charge in [0, 0.05) is 18.0 Å². The molecule has 1 aliphatic rings. The highest BCUT2D eigenvalue weighted by Crippen LogP contribution is 2.26. The van der Waals surface area contributed by atoms with E-state index < -0.39 is 5.97 Å². The number of fused-ring (bicyclic) bond motifs is 1. The number of amides is 1. The lowest BCUT2D eigenvalue weighted by atomic mass is 10.2. The number of thioether (sulfide) groups is 1. The standard InChI is InChI=1S/C21H20N2O3S2/c24-20(23-11-5-6-12-23)14-27-17-9-3-1-7-15(17)21(25)26-13-19-22-16-8-2-4-10-18(16)28-19/h1-4,7-10H,5-6,11-14H2. The van der Waals surface area contributed by atoms with E-state index in [0.29, 0.717) is 11.3 Å². The smallest absolute Gasteiger partial charge is 0.339 e. The van der Waals surface area contributed by atoms with E-state index in [4.69, 9.17) is 4.74 Å². The van der Waals surface area contributed by atoms with Crippen molar-refractivity contribution in [2.24, 2.45) is 0 Å². The minimum absolute atomic E-state index is 0.125. The lowest BCUT2D eigenvalue weighted by Gasteiger charge is -2.15. The van der Waals surface area contributed by atoms with Crippen LogP contribution in [0.1, 0.15) is 28.2 Å². The fourth-order valence-corrected chi connectivity index (χ4v) is 4.97. The SMILES string of the molecule is O=C(OCc1nc2ccccc2s1)c1ccccc1SCC(=O)N1CCCC1. The van der Waals surface area contributed by atoms with Crippen molar-refractivity contribution in [3.05, 3.63) is 59.1 Å². The molecule has 28 heavy (non-hydrogen) atoms. The van der Waals surface area contributed by atoms with Gasteiger partial charge in [0.05, 0.1) is 21.5 Å². The van der Waals surface area contributed by atoms with E-state index in [1.165, 1.54) is 23.1 Å². The number of likely N-dealkylation sites (tertiary alicyclic amines) is 1. The Morgan fingerprint density at radius 3 is 2.64 bits per heavy atom. The van der Waals surface area contributed by atoms with Gasteiger partial charge in [0.2, 0.25) is 5.91 Å². The molecular weight excluding hydrogens is 392 g/mol. The number of aromatic nitrogens is 1. The molecule has 1 amide bonds. The summed E-state index contributed by atoms with van der Waals surface area (Å²) in [4.78, 5) is 32.0. The average molecular weight is 413 g/mol. The third-order valence-electron chi connectivity index (χ3n) is 4.58. The van der Waals surface area contributed by atoms with Crippen LogP contribution >= 0.6 is 23.1 Å². The number of esters is 1. The molecule has 0 aliphatic carbocycles. The molecule has 0 radical (unpaired) electrons. The Balaban J connectivity index is 1.39. The van der Waals surface area contributed by atoms with Crippen molar-refractivity contribution < 1.29 is 14.3 Å². The van der Waals surface area contributed by atoms with E-state index >= 15 is 0 Å². The number of hydrogen-bond donors (Lipinski definition) is 0. The molecule has 5 nitrogen and oxygen atoms in total. The van der Waals surface area contributed by atoms with Crippen LogP contribution in [0.2, 0.25) is 0 Å². The van der Waals surface area contributed by atoms with Gasteiger partial charge in [-0.15, -0.1) is 23.1 Å². The molecule has 1 aliphatic heterocycles. The van der Waals surface area contributed by atoms with Gasteiger partial charge in [0.25, 0.3) is 0 Å². The number of thiazole rings is 1. The zero-order valence-electron chi connectivity index (χ0n) is 15.3. The van der Waals surface area contributed by atoms with Crippen LogP contribution in [0, 0.1) is 0 Å². The van der Waals surface area contributed by atoms with Crippen LogP contribution < -0.4 is 0 Å². The summed E-state index contributed by atoms with van der Waals surface area (Å²) < 4.78 is 6.57. The van der Waals surface area contributed by atoms with Gasteiger partial charge in [-0.05, 0) is 37.1 Å². The number of ether oxygens (including phenoxy) is 1. The Morgan fingerprint density at radius 2 is 1.82 bits per heavy atom. The van der Waals surface area contributed by atoms with Crippen molar-refractivity contribution in [2.75, 3.05) is 18.8 Å². The highest BCUT2D eigenvalue weighted by atomic mass is 32.2. The zero-order chi connectivity index (χ0) is 19.3. The summed E-state index contributed by atoms with van der Waals surface area (Å²) in [7, 11) is 0. The molecule has 0 spiro atoms. The number of benzene rings is 2. The molecule has 0 N–H and O–H groups in total. The van der Waals surface area contributed by atoms with E-state index in [1.807, 2.05) is 41.3 Å². The first kappa shape index (κ1) is 19.0. The molecule has 7 heteroatoms. The summed E-state index contributed by atoms with van der Waals surface area (Å²) in [6, 6.07) is 15.1. The maximum Gasteiger partial charge on any atom is 0.339 e. The van der Waals surface area contributed by atoms with E-state index in [-0.39, 0.29) is 12.5 Å². The van der Waals surface area contributed by atoms with Gasteiger partial charge in [-0.1, -0.05) is 24.3 Å². The number of rotatable bonds is 6. The molecule has 0 unspecified atom stereocenters. The third-order valence-corrected chi connectivity index (χ3v) is 6.65. The van der Waals surface area contributed by atoms with Crippen LogP contribution in [-0.4, -0.2) is 40.6 Å². The van der Waals surface area contributed by atoms with Crippen molar-refractivity contribution in [1.82, 2.24) is 9.88 Å². The summed E-state index contributed by atoms with van der Waals surface area (Å²) in [5.41, 5.74) is 1.40. The van der Waals surface area contributed by atoms with Crippen molar-refractivity contribution >= 4 is 45.2 Å². The quantitative estimate of drug-likeness (QED) is 0.444. The van der Waals surface area contributed by atoms with Crippen LogP contribution in [0.4, 0.5) is 0 Å². The lowest BCUT2D eigenvalue weighted by Crippen LogP contribution is -2.29. The number of para-hydroxylation sites is 1. The fourth-order valence-electron chi connectivity index (χ4n) is 3.15. The van der Waals surface area contributed by atoms with Gasteiger partial charge < -0.3 is 9.64 Å². The summed E-state index contributed by atoms with van der Waals surface area (Å²) in [5.74, 6) is 0.0680. The van der Waals surface area contributed by atoms with Crippen molar-refractivity contribution in [1.29, 1.82) is 0 Å². The maximum absolute atomic E-state index is 12.6. The normalized spacial score (nSPS) is 13.8. The topological polar surface area (TPSA) is 59.5 Å². The average Bonchev–Trinajstić information content (AvgIpc) is 3.40. The number of carbonyl (C=O) groups is 2. The first-order chi connectivity index (χ1) is 13.7. The zero-order valence-corrected chi connectivity index (χ0v) is 16.9. The molecule has 1 aromatic heterocycles. The molecule has 144 valence electrons. The highest BCUT2D eigenvalue weighted by Gasteiger charge is 2.20. The first-order valence-electron chi connectivity index (χ1n) is 9.22. The molecule has 2 aromatic carbocycles. The largest absolute Gasteiger partial charge is 0.455 e.